The van der Waals surface area contributed by atoms with Gasteiger partial charge in [0.2, 0.25) is 0 Å². The van der Waals surface area contributed by atoms with E-state index in [9.17, 15) is 4.79 Å². The van der Waals surface area contributed by atoms with Crippen molar-refractivity contribution in [1.29, 1.82) is 0 Å². The molecule has 0 aromatic carbocycles. The lowest BCUT2D eigenvalue weighted by Crippen LogP contribution is -2.44. The maximum Gasteiger partial charge on any atom is 0.424 e. The van der Waals surface area contributed by atoms with Crippen molar-refractivity contribution in [3.8, 4) is 0 Å². The molecule has 0 saturated heterocycles. The first-order valence-corrected chi connectivity index (χ1v) is 5.10. The molecule has 1 fully saturated rings. The number of carbonyl (C=O) groups excluding carboxylic acids is 1. The zero-order valence-corrected chi connectivity index (χ0v) is 9.46. The highest BCUT2D eigenvalue weighted by atomic mass is 16.6. The number of ether oxygens (including phenoxy) is 1. The van der Waals surface area contributed by atoms with Crippen LogP contribution in [0.2, 0.25) is 0 Å². The van der Waals surface area contributed by atoms with Crippen LogP contribution in [0.4, 0.5) is 4.79 Å². The van der Waals surface area contributed by atoms with Crippen LogP contribution in [0.5, 0.6) is 0 Å². The number of hydrogen-bond donors (Lipinski definition) is 1. The van der Waals surface area contributed by atoms with Gasteiger partial charge in [-0.2, -0.15) is 0 Å². The Labute approximate surface area is 85.6 Å². The molecule has 0 aliphatic heterocycles. The average Bonchev–Trinajstić information content (AvgIpc) is 2.79. The molecule has 1 amide bonds. The molecule has 1 N–H and O–H groups in total. The molecule has 0 spiro atoms. The Morgan fingerprint density at radius 1 is 1.50 bits per heavy atom. The SMILES string of the molecule is CNN(CC1CC1)C(=O)OC(C)(C)C. The van der Waals surface area contributed by atoms with Crippen LogP contribution in [-0.4, -0.2) is 30.3 Å². The first-order chi connectivity index (χ1) is 6.42. The van der Waals surface area contributed by atoms with Crippen LogP contribution in [0.1, 0.15) is 33.6 Å². The predicted octanol–water partition coefficient (Wildman–Crippen LogP) is 1.77. The summed E-state index contributed by atoms with van der Waals surface area (Å²) in [6.07, 6.45) is 2.16. The summed E-state index contributed by atoms with van der Waals surface area (Å²) in [6.45, 7) is 6.37. The molecule has 4 heteroatoms. The van der Waals surface area contributed by atoms with E-state index in [2.05, 4.69) is 5.43 Å². The summed E-state index contributed by atoms with van der Waals surface area (Å²) < 4.78 is 5.24. The lowest BCUT2D eigenvalue weighted by Gasteiger charge is -2.26. The minimum Gasteiger partial charge on any atom is -0.443 e. The van der Waals surface area contributed by atoms with Gasteiger partial charge in [0.05, 0.1) is 0 Å². The molecule has 0 unspecified atom stereocenters. The molecule has 0 aromatic rings. The van der Waals surface area contributed by atoms with Gasteiger partial charge < -0.3 is 4.74 Å². The van der Waals surface area contributed by atoms with Crippen molar-refractivity contribution in [3.63, 3.8) is 0 Å². The van der Waals surface area contributed by atoms with Gasteiger partial charge in [-0.25, -0.2) is 15.2 Å². The minimum absolute atomic E-state index is 0.285. The third-order valence-electron chi connectivity index (χ3n) is 2.02. The van der Waals surface area contributed by atoms with Crippen molar-refractivity contribution in [1.82, 2.24) is 10.4 Å². The molecule has 0 heterocycles. The monoisotopic (exact) mass is 200 g/mol. The Bertz CT molecular complexity index is 207. The van der Waals surface area contributed by atoms with Crippen LogP contribution in [0.15, 0.2) is 0 Å². The highest BCUT2D eigenvalue weighted by Gasteiger charge is 2.28. The third-order valence-corrected chi connectivity index (χ3v) is 2.02. The van der Waals surface area contributed by atoms with Crippen molar-refractivity contribution < 1.29 is 9.53 Å². The summed E-state index contributed by atoms with van der Waals surface area (Å²) >= 11 is 0. The number of hydrazine groups is 1. The van der Waals surface area contributed by atoms with E-state index in [0.717, 1.165) is 6.54 Å². The molecule has 82 valence electrons. The lowest BCUT2D eigenvalue weighted by molar-refractivity contribution is 0.0149. The number of nitrogens with one attached hydrogen (secondary N) is 1. The molecule has 1 saturated carbocycles. The lowest BCUT2D eigenvalue weighted by atomic mass is 10.2. The first-order valence-electron chi connectivity index (χ1n) is 5.10. The summed E-state index contributed by atoms with van der Waals surface area (Å²) in [5, 5.41) is 1.54. The molecular formula is C10H20N2O2. The van der Waals surface area contributed by atoms with Crippen LogP contribution in [0, 0.1) is 5.92 Å². The minimum atomic E-state index is -0.421. The van der Waals surface area contributed by atoms with Gasteiger partial charge in [-0.3, -0.25) is 0 Å². The van der Waals surface area contributed by atoms with E-state index in [0.29, 0.717) is 5.92 Å². The van der Waals surface area contributed by atoms with Gasteiger partial charge in [-0.15, -0.1) is 0 Å². The van der Waals surface area contributed by atoms with Crippen LogP contribution in [0.3, 0.4) is 0 Å². The summed E-state index contributed by atoms with van der Waals surface area (Å²) in [6, 6.07) is 0. The highest BCUT2D eigenvalue weighted by molar-refractivity contribution is 5.67. The van der Waals surface area contributed by atoms with Gasteiger partial charge in [0.1, 0.15) is 5.60 Å². The van der Waals surface area contributed by atoms with E-state index in [1.165, 1.54) is 12.8 Å². The highest BCUT2D eigenvalue weighted by Crippen LogP contribution is 2.29. The van der Waals surface area contributed by atoms with Gasteiger partial charge in [-0.05, 0) is 39.5 Å². The first kappa shape index (κ1) is 11.3. The Morgan fingerprint density at radius 3 is 2.43 bits per heavy atom. The third kappa shape index (κ3) is 3.96. The summed E-state index contributed by atoms with van der Waals surface area (Å²) in [5.41, 5.74) is 2.43. The molecule has 1 aliphatic rings. The van der Waals surface area contributed by atoms with Gasteiger partial charge in [0, 0.05) is 13.6 Å². The molecule has 0 atom stereocenters. The van der Waals surface area contributed by atoms with E-state index in [-0.39, 0.29) is 6.09 Å². The second-order valence-electron chi connectivity index (χ2n) is 4.76. The topological polar surface area (TPSA) is 41.6 Å². The van der Waals surface area contributed by atoms with Crippen LogP contribution >= 0.6 is 0 Å². The van der Waals surface area contributed by atoms with Crippen LogP contribution < -0.4 is 5.43 Å². The van der Waals surface area contributed by atoms with Gasteiger partial charge >= 0.3 is 6.09 Å². The van der Waals surface area contributed by atoms with Crippen molar-refractivity contribution in [2.45, 2.75) is 39.2 Å². The Morgan fingerprint density at radius 2 is 2.07 bits per heavy atom. The quantitative estimate of drug-likeness (QED) is 0.706. The standard InChI is InChI=1S/C10H20N2O2/c1-10(2,3)14-9(13)12(11-4)7-8-5-6-8/h8,11H,5-7H2,1-4H3. The molecule has 1 aliphatic carbocycles. The smallest absolute Gasteiger partial charge is 0.424 e. The van der Waals surface area contributed by atoms with Crippen molar-refractivity contribution in [2.75, 3.05) is 13.6 Å². The molecule has 0 aromatic heterocycles. The van der Waals surface area contributed by atoms with E-state index in [1.807, 2.05) is 20.8 Å². The van der Waals surface area contributed by atoms with Crippen molar-refractivity contribution >= 4 is 6.09 Å². The molecule has 14 heavy (non-hydrogen) atoms. The zero-order chi connectivity index (χ0) is 10.8. The average molecular weight is 200 g/mol. The normalized spacial score (nSPS) is 16.6. The maximum absolute atomic E-state index is 11.6. The molecule has 4 nitrogen and oxygen atoms in total. The largest absolute Gasteiger partial charge is 0.443 e. The van der Waals surface area contributed by atoms with Crippen LogP contribution in [-0.2, 0) is 4.74 Å². The second-order valence-corrected chi connectivity index (χ2v) is 4.76. The zero-order valence-electron chi connectivity index (χ0n) is 9.46. The predicted molar refractivity (Wildman–Crippen MR) is 54.7 cm³/mol. The van der Waals surface area contributed by atoms with Crippen LogP contribution in [0.25, 0.3) is 0 Å². The molecular weight excluding hydrogens is 180 g/mol. The van der Waals surface area contributed by atoms with Crippen molar-refractivity contribution in [3.05, 3.63) is 0 Å². The summed E-state index contributed by atoms with van der Waals surface area (Å²) in [4.78, 5) is 11.6. The summed E-state index contributed by atoms with van der Waals surface area (Å²) in [5.74, 6) is 0.662. The Balaban J connectivity index is 2.38. The number of carbonyl (C=O) groups is 1. The van der Waals surface area contributed by atoms with E-state index >= 15 is 0 Å². The van der Waals surface area contributed by atoms with Crippen molar-refractivity contribution in [2.24, 2.45) is 5.92 Å². The number of hydrogen-bond acceptors (Lipinski definition) is 3. The molecule has 0 bridgehead atoms. The summed E-state index contributed by atoms with van der Waals surface area (Å²) in [7, 11) is 1.74. The van der Waals surface area contributed by atoms with E-state index in [1.54, 1.807) is 12.1 Å². The van der Waals surface area contributed by atoms with E-state index in [4.69, 9.17) is 4.74 Å². The Hall–Kier alpha value is -0.770. The number of rotatable bonds is 3. The second kappa shape index (κ2) is 4.17. The Kier molecular flexibility index (Phi) is 3.37. The fraction of sp³-hybridized carbons (Fsp3) is 0.900. The van der Waals surface area contributed by atoms with Gasteiger partial charge in [-0.1, -0.05) is 0 Å². The van der Waals surface area contributed by atoms with Gasteiger partial charge in [0.15, 0.2) is 0 Å². The fourth-order valence-corrected chi connectivity index (χ4v) is 1.13. The molecule has 1 rings (SSSR count). The van der Waals surface area contributed by atoms with E-state index < -0.39 is 5.60 Å². The maximum atomic E-state index is 11.6. The van der Waals surface area contributed by atoms with Gasteiger partial charge in [0.25, 0.3) is 0 Å². The molecule has 0 radical (unpaired) electrons. The fourth-order valence-electron chi connectivity index (χ4n) is 1.13. The number of nitrogens with zero attached hydrogens (tertiary/aromatic N) is 1. The number of amides is 1.